The standard InChI is InChI=1S/C41H44Cl2FN7O5/c1-40(2,3)56-39(54)51(20-27-10-11-32(52)48-27)19-25-9-8-24(16-31(25)55-4)37-35(43)29(13-15-45-37)28-6-5-7-30(34(28)42)49-38-36(44)26(12-14-46-38)18-50-22-41(23-50)17-33(53)47-21-41/h5-9,12-16,27H,10-11,17-23H2,1-4H3,(H,46,49)(H,47,53)(H,48,52)/t27-/m0/s1. The molecule has 1 atom stereocenters. The maximum Gasteiger partial charge on any atom is 0.410 e. The summed E-state index contributed by atoms with van der Waals surface area (Å²) in [5, 5.41) is 9.56. The summed E-state index contributed by atoms with van der Waals surface area (Å²) >= 11 is 14.1. The Morgan fingerprint density at radius 3 is 2.50 bits per heavy atom. The Balaban J connectivity index is 1.10. The van der Waals surface area contributed by atoms with E-state index in [9.17, 15) is 14.4 Å². The fourth-order valence-electron chi connectivity index (χ4n) is 7.58. The highest BCUT2D eigenvalue weighted by molar-refractivity contribution is 6.39. The second-order valence-corrected chi connectivity index (χ2v) is 16.5. The van der Waals surface area contributed by atoms with Gasteiger partial charge in [0.2, 0.25) is 11.8 Å². The first-order chi connectivity index (χ1) is 26.7. The summed E-state index contributed by atoms with van der Waals surface area (Å²) in [5.41, 5.74) is 3.25. The second kappa shape index (κ2) is 15.9. The molecule has 12 nitrogen and oxygen atoms in total. The molecule has 7 rings (SSSR count). The van der Waals surface area contributed by atoms with Crippen LogP contribution in [-0.2, 0) is 27.4 Å². The third-order valence-electron chi connectivity index (χ3n) is 10.2. The third-order valence-corrected chi connectivity index (χ3v) is 11.0. The third kappa shape index (κ3) is 8.54. The number of halogens is 3. The normalized spacial score (nSPS) is 17.7. The molecular formula is C41H44Cl2FN7O5. The van der Waals surface area contributed by atoms with Crippen molar-refractivity contribution in [3.05, 3.63) is 87.9 Å². The number of hydrogen-bond acceptors (Lipinski definition) is 9. The van der Waals surface area contributed by atoms with Crippen LogP contribution in [0.15, 0.2) is 60.9 Å². The van der Waals surface area contributed by atoms with Gasteiger partial charge in [-0.15, -0.1) is 0 Å². The summed E-state index contributed by atoms with van der Waals surface area (Å²) in [7, 11) is 1.55. The van der Waals surface area contributed by atoms with Gasteiger partial charge in [0.05, 0.1) is 35.1 Å². The molecule has 3 N–H and O–H groups in total. The molecule has 5 heterocycles. The number of carbonyl (C=O) groups is 3. The van der Waals surface area contributed by atoms with Crippen LogP contribution < -0.4 is 20.7 Å². The van der Waals surface area contributed by atoms with E-state index in [-0.39, 0.29) is 42.2 Å². The Kier molecular flexibility index (Phi) is 11.1. The van der Waals surface area contributed by atoms with Gasteiger partial charge in [0.25, 0.3) is 0 Å². The fraction of sp³-hybridized carbons (Fsp3) is 0.390. The minimum atomic E-state index is -0.706. The number of carbonyl (C=O) groups excluding carboxylic acids is 3. The minimum Gasteiger partial charge on any atom is -0.496 e. The molecular weight excluding hydrogens is 760 g/mol. The monoisotopic (exact) mass is 803 g/mol. The molecule has 0 bridgehead atoms. The first-order valence-electron chi connectivity index (χ1n) is 18.5. The summed E-state index contributed by atoms with van der Waals surface area (Å²) in [6.45, 7) is 8.39. The van der Waals surface area contributed by atoms with Crippen molar-refractivity contribution in [1.82, 2.24) is 30.4 Å². The van der Waals surface area contributed by atoms with Crippen molar-refractivity contribution in [1.29, 1.82) is 0 Å². The summed E-state index contributed by atoms with van der Waals surface area (Å²) in [6.07, 6.45) is 4.25. The first-order valence-corrected chi connectivity index (χ1v) is 19.2. The van der Waals surface area contributed by atoms with Crippen molar-refractivity contribution in [2.45, 2.75) is 64.8 Å². The molecule has 3 aliphatic heterocycles. The van der Waals surface area contributed by atoms with Crippen LogP contribution in [0, 0.1) is 11.2 Å². The lowest BCUT2D eigenvalue weighted by atomic mass is 9.79. The number of nitrogens with zero attached hydrogens (tertiary/aromatic N) is 4. The number of aromatic nitrogens is 2. The molecule has 0 radical (unpaired) electrons. The van der Waals surface area contributed by atoms with E-state index in [0.29, 0.717) is 81.8 Å². The molecule has 0 unspecified atom stereocenters. The van der Waals surface area contributed by atoms with Gasteiger partial charge in [0.1, 0.15) is 11.4 Å². The zero-order valence-electron chi connectivity index (χ0n) is 31.7. The quantitative estimate of drug-likeness (QED) is 0.142. The molecule has 3 fully saturated rings. The maximum absolute atomic E-state index is 15.8. The summed E-state index contributed by atoms with van der Waals surface area (Å²) in [4.78, 5) is 49.5. The van der Waals surface area contributed by atoms with Crippen LogP contribution in [-0.4, -0.2) is 82.6 Å². The highest BCUT2D eigenvalue weighted by Crippen LogP contribution is 2.42. The van der Waals surface area contributed by atoms with E-state index in [0.717, 1.165) is 18.7 Å². The molecule has 3 aliphatic rings. The van der Waals surface area contributed by atoms with Gasteiger partial charge in [-0.2, -0.15) is 0 Å². The van der Waals surface area contributed by atoms with Gasteiger partial charge in [-0.05, 0) is 51.5 Å². The van der Waals surface area contributed by atoms with Crippen LogP contribution in [0.3, 0.4) is 0 Å². The number of methoxy groups -OCH3 is 1. The number of anilines is 2. The molecule has 2 aromatic heterocycles. The smallest absolute Gasteiger partial charge is 0.410 e. The number of rotatable bonds is 11. The van der Waals surface area contributed by atoms with E-state index >= 15 is 4.39 Å². The fourth-order valence-corrected chi connectivity index (χ4v) is 8.18. The molecule has 0 saturated carbocycles. The number of likely N-dealkylation sites (tertiary alicyclic amines) is 1. The number of amides is 3. The second-order valence-electron chi connectivity index (χ2n) is 15.7. The van der Waals surface area contributed by atoms with Crippen LogP contribution in [0.2, 0.25) is 10.0 Å². The maximum atomic E-state index is 15.8. The van der Waals surface area contributed by atoms with Gasteiger partial charge in [-0.25, -0.2) is 14.2 Å². The van der Waals surface area contributed by atoms with Crippen LogP contribution in [0.4, 0.5) is 20.7 Å². The van der Waals surface area contributed by atoms with Gasteiger partial charge < -0.3 is 30.3 Å². The molecule has 3 saturated heterocycles. The van der Waals surface area contributed by atoms with Gasteiger partial charge >= 0.3 is 6.09 Å². The van der Waals surface area contributed by atoms with Crippen LogP contribution >= 0.6 is 23.2 Å². The number of hydrogen-bond donors (Lipinski definition) is 3. The van der Waals surface area contributed by atoms with E-state index in [1.165, 1.54) is 0 Å². The van der Waals surface area contributed by atoms with Crippen LogP contribution in [0.25, 0.3) is 22.4 Å². The average molecular weight is 805 g/mol. The Hall–Kier alpha value is -4.98. The SMILES string of the molecule is COc1cc(-c2nccc(-c3cccc(Nc4nccc(CN5CC6(CNC(=O)C6)C5)c4F)c3Cl)c2Cl)ccc1CN(C[C@@H]1CCC(=O)N1)C(=O)OC(C)(C)C. The van der Waals surface area contributed by atoms with E-state index in [2.05, 4.69) is 30.8 Å². The largest absolute Gasteiger partial charge is 0.496 e. The molecule has 3 amide bonds. The van der Waals surface area contributed by atoms with Gasteiger partial charge in [-0.3, -0.25) is 19.5 Å². The molecule has 294 valence electrons. The summed E-state index contributed by atoms with van der Waals surface area (Å²) < 4.78 is 27.3. The van der Waals surface area contributed by atoms with Crippen molar-refractivity contribution >= 4 is 52.6 Å². The Morgan fingerprint density at radius 2 is 1.80 bits per heavy atom. The topological polar surface area (TPSA) is 138 Å². The van der Waals surface area contributed by atoms with Crippen molar-refractivity contribution in [2.75, 3.05) is 38.6 Å². The Morgan fingerprint density at radius 1 is 1.04 bits per heavy atom. The molecule has 56 heavy (non-hydrogen) atoms. The predicted molar refractivity (Wildman–Crippen MR) is 212 cm³/mol. The lowest BCUT2D eigenvalue weighted by Gasteiger charge is -2.47. The highest BCUT2D eigenvalue weighted by atomic mass is 35.5. The average Bonchev–Trinajstić information content (AvgIpc) is 3.74. The zero-order chi connectivity index (χ0) is 39.8. The number of benzene rings is 2. The molecule has 4 aromatic rings. The number of ether oxygens (including phenoxy) is 2. The zero-order valence-corrected chi connectivity index (χ0v) is 33.2. The van der Waals surface area contributed by atoms with Gasteiger partial charge in [0, 0.05) is 97.2 Å². The highest BCUT2D eigenvalue weighted by Gasteiger charge is 2.48. The molecule has 15 heteroatoms. The number of nitrogens with one attached hydrogen (secondary N) is 3. The summed E-state index contributed by atoms with van der Waals surface area (Å²) in [5.74, 6) is 0.105. The first kappa shape index (κ1) is 39.3. The van der Waals surface area contributed by atoms with E-state index in [1.807, 2.05) is 24.3 Å². The minimum absolute atomic E-state index is 0.0394. The molecule has 2 aromatic carbocycles. The molecule has 0 aliphatic carbocycles. The van der Waals surface area contributed by atoms with Crippen molar-refractivity contribution in [2.24, 2.45) is 5.41 Å². The van der Waals surface area contributed by atoms with Crippen molar-refractivity contribution in [3.63, 3.8) is 0 Å². The van der Waals surface area contributed by atoms with Crippen LogP contribution in [0.5, 0.6) is 5.75 Å². The van der Waals surface area contributed by atoms with Crippen molar-refractivity contribution < 1.29 is 28.2 Å². The summed E-state index contributed by atoms with van der Waals surface area (Å²) in [6, 6.07) is 14.1. The van der Waals surface area contributed by atoms with E-state index in [1.54, 1.807) is 69.4 Å². The van der Waals surface area contributed by atoms with Gasteiger partial charge in [0.15, 0.2) is 11.6 Å². The van der Waals surface area contributed by atoms with E-state index in [4.69, 9.17) is 32.7 Å². The van der Waals surface area contributed by atoms with Crippen molar-refractivity contribution in [3.8, 4) is 28.1 Å². The van der Waals surface area contributed by atoms with E-state index < -0.39 is 17.5 Å². The predicted octanol–water partition coefficient (Wildman–Crippen LogP) is 7.35. The lowest BCUT2D eigenvalue weighted by molar-refractivity contribution is -0.121. The Labute approximate surface area is 335 Å². The molecule has 1 spiro atoms. The Bertz CT molecular complexity index is 2170. The lowest BCUT2D eigenvalue weighted by Crippen LogP contribution is -2.56. The number of pyridine rings is 2. The van der Waals surface area contributed by atoms with Crippen LogP contribution in [0.1, 0.15) is 51.2 Å². The van der Waals surface area contributed by atoms with Gasteiger partial charge in [-0.1, -0.05) is 47.5 Å².